The minimum absolute atomic E-state index is 0.248. The van der Waals surface area contributed by atoms with E-state index in [1.165, 1.54) is 7.11 Å². The van der Waals surface area contributed by atoms with E-state index in [4.69, 9.17) is 25.8 Å². The van der Waals surface area contributed by atoms with Gasteiger partial charge in [0.05, 0.1) is 32.0 Å². The van der Waals surface area contributed by atoms with E-state index in [-0.39, 0.29) is 11.6 Å². The van der Waals surface area contributed by atoms with Gasteiger partial charge >= 0.3 is 0 Å². The summed E-state index contributed by atoms with van der Waals surface area (Å²) >= 11 is 6.21. The minimum atomic E-state index is -0.379. The maximum absolute atomic E-state index is 13.3. The average Bonchev–Trinajstić information content (AvgIpc) is 3.30. The number of hydrogen-bond donors (Lipinski definition) is 1. The van der Waals surface area contributed by atoms with Crippen molar-refractivity contribution in [2.75, 3.05) is 26.6 Å². The highest BCUT2D eigenvalue weighted by Gasteiger charge is 2.21. The van der Waals surface area contributed by atoms with Gasteiger partial charge in [-0.2, -0.15) is 5.10 Å². The number of hydrogen-bond acceptors (Lipinski definition) is 5. The molecule has 3 aromatic carbocycles. The summed E-state index contributed by atoms with van der Waals surface area (Å²) in [7, 11) is 4.67. The first kappa shape index (κ1) is 22.2. The van der Waals surface area contributed by atoms with Crippen LogP contribution in [0.4, 0.5) is 5.69 Å². The van der Waals surface area contributed by atoms with Crippen LogP contribution in [0.15, 0.2) is 72.9 Å². The van der Waals surface area contributed by atoms with Crippen molar-refractivity contribution in [2.45, 2.75) is 0 Å². The predicted octanol–water partition coefficient (Wildman–Crippen LogP) is 5.47. The van der Waals surface area contributed by atoms with Crippen LogP contribution in [0, 0.1) is 0 Å². The largest absolute Gasteiger partial charge is 0.495 e. The molecule has 0 aliphatic carbocycles. The van der Waals surface area contributed by atoms with E-state index in [1.54, 1.807) is 43.2 Å². The molecule has 168 valence electrons. The molecule has 7 nitrogen and oxygen atoms in total. The van der Waals surface area contributed by atoms with E-state index in [0.717, 1.165) is 11.3 Å². The van der Waals surface area contributed by atoms with Crippen LogP contribution in [-0.2, 0) is 0 Å². The second kappa shape index (κ2) is 9.67. The Balaban J connectivity index is 1.77. The number of rotatable bonds is 7. The zero-order chi connectivity index (χ0) is 23.4. The Morgan fingerprint density at radius 1 is 0.879 bits per heavy atom. The zero-order valence-corrected chi connectivity index (χ0v) is 19.1. The summed E-state index contributed by atoms with van der Waals surface area (Å²) in [6.07, 6.45) is 1.81. The lowest BCUT2D eigenvalue weighted by Gasteiger charge is -2.10. The van der Waals surface area contributed by atoms with Crippen LogP contribution >= 0.6 is 11.6 Å². The van der Waals surface area contributed by atoms with Crippen molar-refractivity contribution in [1.29, 1.82) is 0 Å². The third-order valence-electron chi connectivity index (χ3n) is 5.05. The Morgan fingerprint density at radius 2 is 1.58 bits per heavy atom. The topological polar surface area (TPSA) is 74.6 Å². The number of aromatic nitrogens is 2. The molecule has 1 aromatic heterocycles. The molecule has 0 saturated heterocycles. The number of ether oxygens (including phenoxy) is 3. The van der Waals surface area contributed by atoms with Crippen molar-refractivity contribution < 1.29 is 19.0 Å². The van der Waals surface area contributed by atoms with Gasteiger partial charge in [-0.05, 0) is 48.0 Å². The van der Waals surface area contributed by atoms with E-state index in [0.29, 0.717) is 33.5 Å². The zero-order valence-electron chi connectivity index (χ0n) is 18.3. The van der Waals surface area contributed by atoms with E-state index in [9.17, 15) is 4.79 Å². The molecule has 0 aliphatic rings. The highest BCUT2D eigenvalue weighted by molar-refractivity contribution is 6.32. The standard InChI is InChI=1S/C25H22ClN3O4/c1-31-21-12-10-17(14-20(21)26)27-25(30)24-19(15-29(28-24)18-7-5-4-6-8-18)16-9-11-22(32-2)23(13-16)33-3/h4-15H,1-3H3,(H,27,30). The van der Waals surface area contributed by atoms with E-state index < -0.39 is 0 Å². The van der Waals surface area contributed by atoms with Gasteiger partial charge in [-0.15, -0.1) is 0 Å². The van der Waals surface area contributed by atoms with Crippen LogP contribution in [0.1, 0.15) is 10.5 Å². The number of halogens is 1. The van der Waals surface area contributed by atoms with Crippen molar-refractivity contribution in [1.82, 2.24) is 9.78 Å². The van der Waals surface area contributed by atoms with Crippen molar-refractivity contribution in [3.8, 4) is 34.1 Å². The summed E-state index contributed by atoms with van der Waals surface area (Å²) in [6.45, 7) is 0. The fraction of sp³-hybridized carbons (Fsp3) is 0.120. The first-order valence-corrected chi connectivity index (χ1v) is 10.4. The lowest BCUT2D eigenvalue weighted by Crippen LogP contribution is -2.14. The molecule has 4 rings (SSSR count). The third-order valence-corrected chi connectivity index (χ3v) is 5.35. The van der Waals surface area contributed by atoms with Crippen LogP contribution < -0.4 is 19.5 Å². The lowest BCUT2D eigenvalue weighted by atomic mass is 10.1. The molecule has 33 heavy (non-hydrogen) atoms. The monoisotopic (exact) mass is 463 g/mol. The summed E-state index contributed by atoms with van der Waals surface area (Å²) in [4.78, 5) is 13.3. The number of para-hydroxylation sites is 1. The van der Waals surface area contributed by atoms with Gasteiger partial charge < -0.3 is 19.5 Å². The number of carbonyl (C=O) groups is 1. The van der Waals surface area contributed by atoms with E-state index in [2.05, 4.69) is 10.4 Å². The molecule has 1 amide bonds. The molecule has 0 saturated carbocycles. The van der Waals surface area contributed by atoms with Gasteiger partial charge in [-0.3, -0.25) is 4.79 Å². The second-order valence-electron chi connectivity index (χ2n) is 7.04. The Bertz CT molecular complexity index is 1290. The first-order chi connectivity index (χ1) is 16.0. The predicted molar refractivity (Wildman–Crippen MR) is 128 cm³/mol. The molecule has 0 fully saturated rings. The van der Waals surface area contributed by atoms with Gasteiger partial charge in [-0.1, -0.05) is 35.9 Å². The highest BCUT2D eigenvalue weighted by Crippen LogP contribution is 2.34. The van der Waals surface area contributed by atoms with Crippen molar-refractivity contribution >= 4 is 23.2 Å². The Kier molecular flexibility index (Phi) is 6.51. The maximum atomic E-state index is 13.3. The Hall–Kier alpha value is -3.97. The normalized spacial score (nSPS) is 10.5. The summed E-state index contributed by atoms with van der Waals surface area (Å²) in [5.74, 6) is 1.29. The number of benzene rings is 3. The highest BCUT2D eigenvalue weighted by atomic mass is 35.5. The summed E-state index contributed by atoms with van der Waals surface area (Å²) in [6, 6.07) is 20.1. The molecule has 1 N–H and O–H groups in total. The third kappa shape index (κ3) is 4.63. The van der Waals surface area contributed by atoms with Crippen LogP contribution in [-0.4, -0.2) is 37.0 Å². The van der Waals surface area contributed by atoms with Gasteiger partial charge in [0, 0.05) is 17.4 Å². The molecular formula is C25H22ClN3O4. The fourth-order valence-electron chi connectivity index (χ4n) is 3.40. The molecule has 4 aromatic rings. The average molecular weight is 464 g/mol. The van der Waals surface area contributed by atoms with Gasteiger partial charge in [0.25, 0.3) is 5.91 Å². The van der Waals surface area contributed by atoms with Crippen molar-refractivity contribution in [2.24, 2.45) is 0 Å². The number of anilines is 1. The minimum Gasteiger partial charge on any atom is -0.495 e. The summed E-state index contributed by atoms with van der Waals surface area (Å²) < 4.78 is 17.6. The molecular weight excluding hydrogens is 442 g/mol. The molecule has 8 heteroatoms. The van der Waals surface area contributed by atoms with Gasteiger partial charge in [0.2, 0.25) is 0 Å². The van der Waals surface area contributed by atoms with Crippen LogP contribution in [0.2, 0.25) is 5.02 Å². The smallest absolute Gasteiger partial charge is 0.276 e. The van der Waals surface area contributed by atoms with Gasteiger partial charge in [0.1, 0.15) is 5.75 Å². The number of nitrogens with zero attached hydrogens (tertiary/aromatic N) is 2. The quantitative estimate of drug-likeness (QED) is 0.393. The Morgan fingerprint density at radius 3 is 2.24 bits per heavy atom. The van der Waals surface area contributed by atoms with Gasteiger partial charge in [0.15, 0.2) is 17.2 Å². The molecule has 0 atom stereocenters. The van der Waals surface area contributed by atoms with Crippen molar-refractivity contribution in [3.05, 3.63) is 83.6 Å². The van der Waals surface area contributed by atoms with Crippen LogP contribution in [0.3, 0.4) is 0 Å². The molecule has 0 radical (unpaired) electrons. The summed E-state index contributed by atoms with van der Waals surface area (Å²) in [5, 5.41) is 7.84. The molecule has 0 spiro atoms. The number of carbonyl (C=O) groups excluding carboxylic acids is 1. The summed E-state index contributed by atoms with van der Waals surface area (Å²) in [5.41, 5.74) is 2.99. The van der Waals surface area contributed by atoms with E-state index >= 15 is 0 Å². The fourth-order valence-corrected chi connectivity index (χ4v) is 3.66. The van der Waals surface area contributed by atoms with Crippen LogP contribution in [0.5, 0.6) is 17.2 Å². The molecule has 0 aliphatic heterocycles. The van der Waals surface area contributed by atoms with Crippen LogP contribution in [0.25, 0.3) is 16.8 Å². The molecule has 0 unspecified atom stereocenters. The van der Waals surface area contributed by atoms with Crippen molar-refractivity contribution in [3.63, 3.8) is 0 Å². The number of methoxy groups -OCH3 is 3. The second-order valence-corrected chi connectivity index (χ2v) is 7.45. The molecule has 1 heterocycles. The number of nitrogens with one attached hydrogen (secondary N) is 1. The Labute approximate surface area is 196 Å². The van der Waals surface area contributed by atoms with Gasteiger partial charge in [-0.25, -0.2) is 4.68 Å². The SMILES string of the molecule is COc1ccc(NC(=O)c2nn(-c3ccccc3)cc2-c2ccc(OC)c(OC)c2)cc1Cl. The van der Waals surface area contributed by atoms with E-state index in [1.807, 2.05) is 48.7 Å². The molecule has 0 bridgehead atoms. The maximum Gasteiger partial charge on any atom is 0.276 e. The lowest BCUT2D eigenvalue weighted by molar-refractivity contribution is 0.102. The number of amides is 1. The first-order valence-electron chi connectivity index (χ1n) is 10.1.